The van der Waals surface area contributed by atoms with E-state index in [0.717, 1.165) is 12.8 Å². The fraction of sp³-hybridized carbons (Fsp3) is 0.552. The van der Waals surface area contributed by atoms with Crippen molar-refractivity contribution in [3.05, 3.63) is 51.8 Å². The maximum absolute atomic E-state index is 16.0. The minimum Gasteiger partial charge on any atom is -0.367 e. The number of carbonyl (C=O) groups excluding carboxylic acids is 3. The van der Waals surface area contributed by atoms with E-state index in [9.17, 15) is 14.4 Å². The van der Waals surface area contributed by atoms with E-state index in [1.54, 1.807) is 12.3 Å². The number of rotatable bonds is 4. The number of halogens is 3. The van der Waals surface area contributed by atoms with Crippen LogP contribution in [0.2, 0.25) is 10.3 Å². The van der Waals surface area contributed by atoms with Crippen molar-refractivity contribution in [1.29, 1.82) is 0 Å². The Bertz CT molecular complexity index is 1460. The summed E-state index contributed by atoms with van der Waals surface area (Å²) in [5.41, 5.74) is 4.22. The van der Waals surface area contributed by atoms with Crippen LogP contribution in [-0.4, -0.2) is 58.0 Å². The predicted octanol–water partition coefficient (Wildman–Crippen LogP) is 3.36. The van der Waals surface area contributed by atoms with Crippen molar-refractivity contribution in [2.24, 2.45) is 11.1 Å². The number of primary amides is 1. The molecule has 224 valence electrons. The number of hydrogen-bond donors (Lipinski definition) is 4. The van der Waals surface area contributed by atoms with Crippen molar-refractivity contribution in [1.82, 2.24) is 20.6 Å². The third-order valence-corrected chi connectivity index (χ3v) is 10.2. The van der Waals surface area contributed by atoms with Gasteiger partial charge in [-0.05, 0) is 61.6 Å². The van der Waals surface area contributed by atoms with Gasteiger partial charge in [-0.1, -0.05) is 37.0 Å². The summed E-state index contributed by atoms with van der Waals surface area (Å²) >= 11 is 12.4. The first kappa shape index (κ1) is 29.2. The van der Waals surface area contributed by atoms with Gasteiger partial charge in [0.2, 0.25) is 17.7 Å². The standard InChI is InChI=1S/C29H33Cl2FN6O4/c1-27(2)6-8-28(9-7-27)29(16-12-35-19(30)11-17(16)37-26(29)41)20(15-5-10-34-23(31)21(15)32)22(38-28)25(40)36-14-3-4-18(24(33)39)42-13-14/h5,10-12,14,18,20,22,38H,3-4,6-9,13H2,1-2H3,(H2,33,39)(H,36,40)(H,37,41)/t14-,18+,20?,22?,29?/m1/s1. The lowest BCUT2D eigenvalue weighted by Gasteiger charge is -2.50. The number of amides is 3. The van der Waals surface area contributed by atoms with Crippen molar-refractivity contribution in [3.63, 3.8) is 0 Å². The zero-order chi connectivity index (χ0) is 30.0. The molecule has 1 saturated carbocycles. The third-order valence-electron chi connectivity index (χ3n) is 9.78. The van der Waals surface area contributed by atoms with Crippen molar-refractivity contribution in [2.45, 2.75) is 87.4 Å². The van der Waals surface area contributed by atoms with E-state index in [0.29, 0.717) is 36.9 Å². The second kappa shape index (κ2) is 10.4. The first-order valence-electron chi connectivity index (χ1n) is 14.1. The summed E-state index contributed by atoms with van der Waals surface area (Å²) in [5, 5.41) is 9.46. The summed E-state index contributed by atoms with van der Waals surface area (Å²) in [7, 11) is 0. The SMILES string of the molecule is CC1(C)CCC2(CC1)NC(C(=O)N[C@@H]1CC[C@@H](C(N)=O)OC1)C(c1ccnc(Cl)c1F)C21C(=O)Nc2cc(Cl)ncc21. The molecule has 2 saturated heterocycles. The Hall–Kier alpha value is -2.86. The highest BCUT2D eigenvalue weighted by molar-refractivity contribution is 6.30. The molecule has 4 aliphatic rings. The number of fused-ring (bicyclic) bond motifs is 3. The summed E-state index contributed by atoms with van der Waals surface area (Å²) in [6.45, 7) is 4.46. The van der Waals surface area contributed by atoms with Gasteiger partial charge in [0, 0.05) is 35.1 Å². The summed E-state index contributed by atoms with van der Waals surface area (Å²) in [6.07, 6.45) is 5.74. The quantitative estimate of drug-likeness (QED) is 0.384. The summed E-state index contributed by atoms with van der Waals surface area (Å²) in [5.74, 6) is -3.11. The minimum atomic E-state index is -1.41. The zero-order valence-corrected chi connectivity index (χ0v) is 24.8. The van der Waals surface area contributed by atoms with E-state index < -0.39 is 52.7 Å². The van der Waals surface area contributed by atoms with Crippen molar-refractivity contribution in [2.75, 3.05) is 11.9 Å². The van der Waals surface area contributed by atoms with Gasteiger partial charge in [-0.15, -0.1) is 0 Å². The van der Waals surface area contributed by atoms with Gasteiger partial charge < -0.3 is 21.1 Å². The molecule has 5 heterocycles. The molecule has 1 aliphatic carbocycles. The third kappa shape index (κ3) is 4.47. The largest absolute Gasteiger partial charge is 0.367 e. The van der Waals surface area contributed by atoms with Crippen molar-refractivity contribution < 1.29 is 23.5 Å². The Labute approximate surface area is 252 Å². The first-order valence-corrected chi connectivity index (χ1v) is 14.9. The topological polar surface area (TPSA) is 148 Å². The summed E-state index contributed by atoms with van der Waals surface area (Å²) in [6, 6.07) is 1.64. The van der Waals surface area contributed by atoms with Gasteiger partial charge >= 0.3 is 0 Å². The first-order chi connectivity index (χ1) is 19.9. The minimum absolute atomic E-state index is 0.0156. The molecule has 42 heavy (non-hydrogen) atoms. The highest BCUT2D eigenvalue weighted by atomic mass is 35.5. The van der Waals surface area contributed by atoms with Crippen LogP contribution in [0.5, 0.6) is 0 Å². The van der Waals surface area contributed by atoms with Crippen LogP contribution in [0.3, 0.4) is 0 Å². The van der Waals surface area contributed by atoms with Gasteiger partial charge in [0.15, 0.2) is 11.0 Å². The maximum atomic E-state index is 16.0. The monoisotopic (exact) mass is 618 g/mol. The van der Waals surface area contributed by atoms with Gasteiger partial charge in [0.1, 0.15) is 16.7 Å². The van der Waals surface area contributed by atoms with Crippen LogP contribution in [-0.2, 0) is 24.5 Å². The van der Waals surface area contributed by atoms with Crippen LogP contribution in [0.25, 0.3) is 0 Å². The number of hydrogen-bond acceptors (Lipinski definition) is 7. The number of aromatic nitrogens is 2. The number of pyridine rings is 2. The Morgan fingerprint density at radius 3 is 2.57 bits per heavy atom. The number of nitrogens with one attached hydrogen (secondary N) is 3. The molecule has 13 heteroatoms. The molecule has 0 radical (unpaired) electrons. The second-order valence-corrected chi connectivity index (χ2v) is 13.4. The molecule has 10 nitrogen and oxygen atoms in total. The molecule has 2 aromatic heterocycles. The molecule has 5 N–H and O–H groups in total. The summed E-state index contributed by atoms with van der Waals surface area (Å²) in [4.78, 5) is 48.4. The van der Waals surface area contributed by atoms with Gasteiger partial charge in [-0.3, -0.25) is 19.7 Å². The van der Waals surface area contributed by atoms with Crippen LogP contribution >= 0.6 is 23.2 Å². The molecular weight excluding hydrogens is 586 g/mol. The Kier molecular flexibility index (Phi) is 7.23. The van der Waals surface area contributed by atoms with E-state index in [4.69, 9.17) is 33.7 Å². The second-order valence-electron chi connectivity index (χ2n) is 12.7. The number of carbonyl (C=O) groups is 3. The molecule has 3 fully saturated rings. The van der Waals surface area contributed by atoms with Crippen LogP contribution in [0.4, 0.5) is 10.1 Å². The molecule has 0 aromatic carbocycles. The van der Waals surface area contributed by atoms with Crippen LogP contribution in [0, 0.1) is 11.2 Å². The van der Waals surface area contributed by atoms with Crippen LogP contribution in [0.1, 0.15) is 69.4 Å². The lowest BCUT2D eigenvalue weighted by molar-refractivity contribution is -0.134. The van der Waals surface area contributed by atoms with Crippen LogP contribution in [0.15, 0.2) is 24.5 Å². The van der Waals surface area contributed by atoms with E-state index in [1.807, 2.05) is 0 Å². The van der Waals surface area contributed by atoms with E-state index in [-0.39, 0.29) is 33.8 Å². The number of anilines is 1. The maximum Gasteiger partial charge on any atom is 0.246 e. The average Bonchev–Trinajstić information content (AvgIpc) is 3.40. The smallest absolute Gasteiger partial charge is 0.246 e. The van der Waals surface area contributed by atoms with Crippen molar-refractivity contribution in [3.8, 4) is 0 Å². The Morgan fingerprint density at radius 1 is 1.17 bits per heavy atom. The van der Waals surface area contributed by atoms with Crippen molar-refractivity contribution >= 4 is 46.6 Å². The van der Waals surface area contributed by atoms with E-state index in [2.05, 4.69) is 39.8 Å². The van der Waals surface area contributed by atoms with Crippen LogP contribution < -0.4 is 21.7 Å². The highest BCUT2D eigenvalue weighted by Crippen LogP contribution is 2.63. The summed E-state index contributed by atoms with van der Waals surface area (Å²) < 4.78 is 21.5. The van der Waals surface area contributed by atoms with Gasteiger partial charge in [0.05, 0.1) is 18.7 Å². The molecular formula is C29H33Cl2FN6O4. The van der Waals surface area contributed by atoms with E-state index >= 15 is 4.39 Å². The lowest BCUT2D eigenvalue weighted by Crippen LogP contribution is -2.61. The normalized spacial score (nSPS) is 31.1. The number of nitrogens with two attached hydrogens (primary N) is 1. The molecule has 2 spiro atoms. The molecule has 3 amide bonds. The molecule has 3 unspecified atom stereocenters. The van der Waals surface area contributed by atoms with E-state index in [1.165, 1.54) is 12.3 Å². The zero-order valence-electron chi connectivity index (χ0n) is 23.3. The predicted molar refractivity (Wildman–Crippen MR) is 154 cm³/mol. The number of nitrogens with zero attached hydrogens (tertiary/aromatic N) is 2. The molecule has 6 rings (SSSR count). The Morgan fingerprint density at radius 2 is 1.90 bits per heavy atom. The molecule has 2 aromatic rings. The fourth-order valence-electron chi connectivity index (χ4n) is 7.59. The molecule has 5 atom stereocenters. The van der Waals surface area contributed by atoms with Gasteiger partial charge in [-0.25, -0.2) is 14.4 Å². The molecule has 3 aliphatic heterocycles. The van der Waals surface area contributed by atoms with Gasteiger partial charge in [-0.2, -0.15) is 0 Å². The fourth-order valence-corrected chi connectivity index (χ4v) is 7.92. The number of ether oxygens (including phenoxy) is 1. The lowest BCUT2D eigenvalue weighted by atomic mass is 9.53. The molecule has 0 bridgehead atoms. The average molecular weight is 620 g/mol. The Balaban J connectivity index is 1.49. The highest BCUT2D eigenvalue weighted by Gasteiger charge is 2.73. The van der Waals surface area contributed by atoms with Gasteiger partial charge in [0.25, 0.3) is 0 Å².